The molecule has 0 aliphatic heterocycles. The molecule has 9 nitrogen and oxygen atoms in total. The zero-order chi connectivity index (χ0) is 24.6. The van der Waals surface area contributed by atoms with Gasteiger partial charge in [0, 0.05) is 27.9 Å². The predicted octanol–water partition coefficient (Wildman–Crippen LogP) is 5.41. The Morgan fingerprint density at radius 1 is 1.09 bits per heavy atom. The largest absolute Gasteiger partial charge is 0.453 e. The van der Waals surface area contributed by atoms with E-state index in [1.54, 1.807) is 35.0 Å². The number of halogens is 1. The SMILES string of the molecule is COC(=O)Nc1ccc(C)c(C(=O)Nc2cccc(-c3nc4c(Cl)c(C(C)(C)C)[nH]n4n3)c2)c1. The summed E-state index contributed by atoms with van der Waals surface area (Å²) in [7, 11) is 1.28. The number of ether oxygens (including phenoxy) is 1. The number of aryl methyl sites for hydroxylation is 1. The molecule has 4 rings (SSSR count). The van der Waals surface area contributed by atoms with Gasteiger partial charge in [-0.05, 0) is 36.8 Å². The maximum atomic E-state index is 13.0. The molecule has 10 heteroatoms. The lowest BCUT2D eigenvalue weighted by atomic mass is 9.92. The van der Waals surface area contributed by atoms with Crippen molar-refractivity contribution in [3.05, 3.63) is 64.3 Å². The summed E-state index contributed by atoms with van der Waals surface area (Å²) in [6.45, 7) is 7.99. The van der Waals surface area contributed by atoms with Gasteiger partial charge in [0.25, 0.3) is 5.91 Å². The molecule has 0 radical (unpaired) electrons. The molecular weight excluding hydrogens is 456 g/mol. The van der Waals surface area contributed by atoms with E-state index in [0.29, 0.717) is 33.4 Å². The zero-order valence-corrected chi connectivity index (χ0v) is 20.2. The molecule has 0 spiro atoms. The van der Waals surface area contributed by atoms with E-state index in [0.717, 1.165) is 16.8 Å². The molecule has 2 aromatic heterocycles. The third-order valence-electron chi connectivity index (χ3n) is 5.28. The van der Waals surface area contributed by atoms with Crippen molar-refractivity contribution in [3.63, 3.8) is 0 Å². The first-order chi connectivity index (χ1) is 16.1. The third kappa shape index (κ3) is 4.60. The van der Waals surface area contributed by atoms with Crippen molar-refractivity contribution in [1.82, 2.24) is 19.8 Å². The van der Waals surface area contributed by atoms with Crippen LogP contribution in [0, 0.1) is 6.92 Å². The van der Waals surface area contributed by atoms with E-state index in [9.17, 15) is 9.59 Å². The number of aromatic amines is 1. The minimum atomic E-state index is -0.610. The molecule has 0 unspecified atom stereocenters. The number of amides is 2. The second kappa shape index (κ2) is 8.83. The van der Waals surface area contributed by atoms with Gasteiger partial charge in [0.05, 0.1) is 12.8 Å². The van der Waals surface area contributed by atoms with E-state index in [1.807, 2.05) is 19.1 Å². The van der Waals surface area contributed by atoms with Crippen LogP contribution in [0.3, 0.4) is 0 Å². The fraction of sp³-hybridized carbons (Fsp3) is 0.250. The van der Waals surface area contributed by atoms with E-state index in [2.05, 4.69) is 51.3 Å². The number of nitrogens with one attached hydrogen (secondary N) is 3. The number of aromatic nitrogens is 4. The Bertz CT molecular complexity index is 1400. The molecule has 3 N–H and O–H groups in total. The van der Waals surface area contributed by atoms with E-state index < -0.39 is 6.09 Å². The molecule has 176 valence electrons. The fourth-order valence-corrected chi connectivity index (χ4v) is 3.91. The van der Waals surface area contributed by atoms with Crippen molar-refractivity contribution in [2.45, 2.75) is 33.1 Å². The number of anilines is 2. The van der Waals surface area contributed by atoms with Gasteiger partial charge in [-0.15, -0.1) is 5.10 Å². The van der Waals surface area contributed by atoms with E-state index >= 15 is 0 Å². The first-order valence-corrected chi connectivity index (χ1v) is 11.0. The molecule has 2 amide bonds. The first kappa shape index (κ1) is 23.3. The number of carbonyl (C=O) groups excluding carboxylic acids is 2. The van der Waals surface area contributed by atoms with Gasteiger partial charge < -0.3 is 10.1 Å². The van der Waals surface area contributed by atoms with Crippen molar-refractivity contribution >= 4 is 40.6 Å². The third-order valence-corrected chi connectivity index (χ3v) is 5.64. The summed E-state index contributed by atoms with van der Waals surface area (Å²) in [6, 6.07) is 12.3. The highest BCUT2D eigenvalue weighted by atomic mass is 35.5. The van der Waals surface area contributed by atoms with Crippen LogP contribution in [0.15, 0.2) is 42.5 Å². The monoisotopic (exact) mass is 480 g/mol. The molecule has 0 saturated heterocycles. The Balaban J connectivity index is 1.58. The Kier molecular flexibility index (Phi) is 6.05. The molecule has 0 fully saturated rings. The van der Waals surface area contributed by atoms with Crippen LogP contribution in [-0.4, -0.2) is 38.9 Å². The van der Waals surface area contributed by atoms with Crippen LogP contribution in [0.1, 0.15) is 42.4 Å². The number of nitrogens with zero attached hydrogens (tertiary/aromatic N) is 3. The normalized spacial score (nSPS) is 11.5. The van der Waals surface area contributed by atoms with E-state index in [1.165, 1.54) is 7.11 Å². The zero-order valence-electron chi connectivity index (χ0n) is 19.5. The van der Waals surface area contributed by atoms with Crippen LogP contribution in [0.5, 0.6) is 0 Å². The van der Waals surface area contributed by atoms with Gasteiger partial charge in [-0.1, -0.05) is 50.6 Å². The number of hydrogen-bond acceptors (Lipinski definition) is 5. The highest BCUT2D eigenvalue weighted by Gasteiger charge is 2.24. The highest BCUT2D eigenvalue weighted by molar-refractivity contribution is 6.34. The van der Waals surface area contributed by atoms with Crippen LogP contribution >= 0.6 is 11.6 Å². The summed E-state index contributed by atoms with van der Waals surface area (Å²) < 4.78 is 6.17. The second-order valence-electron chi connectivity index (χ2n) is 8.90. The summed E-state index contributed by atoms with van der Waals surface area (Å²) in [5, 5.41) is 13.7. The number of hydrogen-bond donors (Lipinski definition) is 3. The molecule has 2 aromatic carbocycles. The lowest BCUT2D eigenvalue weighted by Gasteiger charge is -2.16. The molecule has 4 aromatic rings. The molecular formula is C24H25ClN6O3. The van der Waals surface area contributed by atoms with Crippen LogP contribution in [0.25, 0.3) is 17.0 Å². The minimum Gasteiger partial charge on any atom is -0.453 e. The maximum Gasteiger partial charge on any atom is 0.411 e. The smallest absolute Gasteiger partial charge is 0.411 e. The lowest BCUT2D eigenvalue weighted by Crippen LogP contribution is -2.15. The van der Waals surface area contributed by atoms with Crippen LogP contribution in [0.4, 0.5) is 16.2 Å². The van der Waals surface area contributed by atoms with Gasteiger partial charge in [-0.25, -0.2) is 9.78 Å². The number of carbonyl (C=O) groups is 2. The summed E-state index contributed by atoms with van der Waals surface area (Å²) in [6.07, 6.45) is -0.610. The average molecular weight is 481 g/mol. The Labute approximate surface area is 201 Å². The Hall–Kier alpha value is -3.85. The average Bonchev–Trinajstić information content (AvgIpc) is 3.34. The standard InChI is InChI=1S/C24H25ClN6O3/c1-13-9-10-16(27-23(33)34-5)12-17(13)22(32)26-15-8-6-7-14(11-15)20-28-21-18(25)19(24(2,3)4)29-31(21)30-20/h6-12,29H,1-5H3,(H,26,32)(H,27,33). The number of H-pyrrole nitrogens is 1. The van der Waals surface area contributed by atoms with Gasteiger partial charge >= 0.3 is 6.09 Å². The number of fused-ring (bicyclic) bond motifs is 1. The lowest BCUT2D eigenvalue weighted by molar-refractivity contribution is 0.102. The van der Waals surface area contributed by atoms with Gasteiger partial charge in [-0.2, -0.15) is 4.63 Å². The van der Waals surface area contributed by atoms with Crippen molar-refractivity contribution in [2.24, 2.45) is 0 Å². The summed E-state index contributed by atoms with van der Waals surface area (Å²) in [5.41, 5.74) is 4.17. The van der Waals surface area contributed by atoms with Crippen LogP contribution < -0.4 is 10.6 Å². The van der Waals surface area contributed by atoms with Crippen LogP contribution in [0.2, 0.25) is 5.02 Å². The van der Waals surface area contributed by atoms with Gasteiger partial charge in [-0.3, -0.25) is 15.2 Å². The highest BCUT2D eigenvalue weighted by Crippen LogP contribution is 2.32. The molecule has 0 aliphatic rings. The quantitative estimate of drug-likeness (QED) is 0.361. The van der Waals surface area contributed by atoms with Crippen molar-refractivity contribution in [3.8, 4) is 11.4 Å². The van der Waals surface area contributed by atoms with Crippen molar-refractivity contribution in [1.29, 1.82) is 0 Å². The fourth-order valence-electron chi connectivity index (χ4n) is 3.47. The molecule has 0 atom stereocenters. The summed E-state index contributed by atoms with van der Waals surface area (Å²) in [5.74, 6) is 0.163. The van der Waals surface area contributed by atoms with Crippen molar-refractivity contribution in [2.75, 3.05) is 17.7 Å². The van der Waals surface area contributed by atoms with Gasteiger partial charge in [0.2, 0.25) is 0 Å². The Morgan fingerprint density at radius 2 is 1.82 bits per heavy atom. The molecule has 2 heterocycles. The van der Waals surface area contributed by atoms with Gasteiger partial charge in [0.1, 0.15) is 5.02 Å². The van der Waals surface area contributed by atoms with Crippen LogP contribution in [-0.2, 0) is 10.2 Å². The second-order valence-corrected chi connectivity index (χ2v) is 9.28. The Morgan fingerprint density at radius 3 is 2.50 bits per heavy atom. The van der Waals surface area contributed by atoms with E-state index in [-0.39, 0.29) is 11.3 Å². The molecule has 0 saturated carbocycles. The molecule has 0 bridgehead atoms. The number of methoxy groups -OCH3 is 1. The number of benzene rings is 2. The topological polar surface area (TPSA) is 113 Å². The minimum absolute atomic E-state index is 0.175. The summed E-state index contributed by atoms with van der Waals surface area (Å²) >= 11 is 6.53. The molecule has 0 aliphatic carbocycles. The van der Waals surface area contributed by atoms with E-state index in [4.69, 9.17) is 11.6 Å². The first-order valence-electron chi connectivity index (χ1n) is 10.6. The number of rotatable bonds is 4. The maximum absolute atomic E-state index is 13.0. The summed E-state index contributed by atoms with van der Waals surface area (Å²) in [4.78, 5) is 29.0. The van der Waals surface area contributed by atoms with Gasteiger partial charge in [0.15, 0.2) is 11.5 Å². The predicted molar refractivity (Wildman–Crippen MR) is 132 cm³/mol. The molecule has 34 heavy (non-hydrogen) atoms. The van der Waals surface area contributed by atoms with Crippen molar-refractivity contribution < 1.29 is 14.3 Å².